The van der Waals surface area contributed by atoms with E-state index >= 15 is 0 Å². The second-order valence-corrected chi connectivity index (χ2v) is 9.47. The maximum absolute atomic E-state index is 13.7. The van der Waals surface area contributed by atoms with Gasteiger partial charge >= 0.3 is 0 Å². The van der Waals surface area contributed by atoms with Crippen LogP contribution in [0.25, 0.3) is 11.1 Å². The molecule has 0 bridgehead atoms. The van der Waals surface area contributed by atoms with Gasteiger partial charge in [0.25, 0.3) is 5.91 Å². The van der Waals surface area contributed by atoms with Crippen LogP contribution in [0.3, 0.4) is 0 Å². The van der Waals surface area contributed by atoms with Crippen molar-refractivity contribution < 1.29 is 19.1 Å². The van der Waals surface area contributed by atoms with Crippen LogP contribution in [0, 0.1) is 11.8 Å². The number of carbonyl (C=O) groups excluding carboxylic acids is 3. The van der Waals surface area contributed by atoms with E-state index in [1.165, 1.54) is 0 Å². The molecule has 2 aliphatic heterocycles. The lowest BCUT2D eigenvalue weighted by Crippen LogP contribution is -2.54. The summed E-state index contributed by atoms with van der Waals surface area (Å²) >= 11 is 0. The summed E-state index contributed by atoms with van der Waals surface area (Å²) < 4.78 is 5.66. The summed E-state index contributed by atoms with van der Waals surface area (Å²) in [6, 6.07) is 9.99. The van der Waals surface area contributed by atoms with Gasteiger partial charge in [-0.15, -0.1) is 0 Å². The van der Waals surface area contributed by atoms with Crippen LogP contribution in [0.5, 0.6) is 0 Å². The molecule has 5 rings (SSSR count). The van der Waals surface area contributed by atoms with E-state index in [9.17, 15) is 14.4 Å². The molecule has 3 fully saturated rings. The van der Waals surface area contributed by atoms with E-state index in [1.807, 2.05) is 37.3 Å². The molecule has 1 aromatic heterocycles. The number of fused-ring (bicyclic) bond motifs is 1. The van der Waals surface area contributed by atoms with Crippen LogP contribution in [0.2, 0.25) is 0 Å². The highest BCUT2D eigenvalue weighted by molar-refractivity contribution is 6.00. The zero-order chi connectivity index (χ0) is 22.9. The lowest BCUT2D eigenvalue weighted by Gasteiger charge is -2.30. The molecule has 3 aliphatic rings. The van der Waals surface area contributed by atoms with E-state index < -0.39 is 12.1 Å². The molecule has 1 aliphatic carbocycles. The van der Waals surface area contributed by atoms with Crippen molar-refractivity contribution in [2.75, 3.05) is 13.2 Å². The van der Waals surface area contributed by atoms with Crippen molar-refractivity contribution in [2.45, 2.75) is 50.8 Å². The molecule has 172 valence electrons. The minimum Gasteiger partial charge on any atom is -0.367 e. The molecule has 1 saturated carbocycles. The van der Waals surface area contributed by atoms with Gasteiger partial charge in [0.1, 0.15) is 18.7 Å². The third-order valence-electron chi connectivity index (χ3n) is 7.27. The van der Waals surface area contributed by atoms with Crippen molar-refractivity contribution in [3.63, 3.8) is 0 Å². The van der Waals surface area contributed by atoms with Crippen molar-refractivity contribution in [3.8, 4) is 11.1 Å². The van der Waals surface area contributed by atoms with Crippen LogP contribution >= 0.6 is 0 Å². The van der Waals surface area contributed by atoms with Gasteiger partial charge in [0.05, 0.1) is 6.10 Å². The number of pyridine rings is 1. The second-order valence-electron chi connectivity index (χ2n) is 9.47. The van der Waals surface area contributed by atoms with Gasteiger partial charge in [-0.1, -0.05) is 38.0 Å². The Kier molecular flexibility index (Phi) is 5.98. The van der Waals surface area contributed by atoms with Gasteiger partial charge in [-0.25, -0.2) is 0 Å². The number of Topliss-reactive ketones (excluding diaryl/α,β-unsaturated/α-hetero) is 1. The van der Waals surface area contributed by atoms with E-state index in [4.69, 9.17) is 4.74 Å². The van der Waals surface area contributed by atoms with E-state index in [-0.39, 0.29) is 42.1 Å². The Morgan fingerprint density at radius 1 is 1.15 bits per heavy atom. The average molecular weight is 448 g/mol. The fourth-order valence-electron chi connectivity index (χ4n) is 5.57. The van der Waals surface area contributed by atoms with Crippen LogP contribution in [0.4, 0.5) is 0 Å². The number of benzene rings is 1. The summed E-state index contributed by atoms with van der Waals surface area (Å²) in [4.78, 5) is 45.3. The summed E-state index contributed by atoms with van der Waals surface area (Å²) in [5, 5.41) is 3.04. The second kappa shape index (κ2) is 9.06. The number of ether oxygens (including phenoxy) is 1. The van der Waals surface area contributed by atoms with Gasteiger partial charge in [-0.3, -0.25) is 19.4 Å². The first-order valence-corrected chi connectivity index (χ1v) is 11.8. The van der Waals surface area contributed by atoms with Crippen molar-refractivity contribution in [1.29, 1.82) is 0 Å². The molecule has 1 aromatic carbocycles. The smallest absolute Gasteiger partial charge is 0.251 e. The predicted molar refractivity (Wildman–Crippen MR) is 122 cm³/mol. The molecule has 2 aromatic rings. The molecule has 2 amide bonds. The summed E-state index contributed by atoms with van der Waals surface area (Å²) in [5.74, 6) is -0.296. The molecule has 0 spiro atoms. The number of aromatic nitrogens is 1. The molecular formula is C26H29N3O4. The zero-order valence-electron chi connectivity index (χ0n) is 18.8. The van der Waals surface area contributed by atoms with Crippen LogP contribution < -0.4 is 5.32 Å². The molecule has 0 unspecified atom stereocenters. The number of ketones is 1. The Bertz CT molecular complexity index is 1050. The first-order valence-electron chi connectivity index (χ1n) is 11.8. The summed E-state index contributed by atoms with van der Waals surface area (Å²) in [6.45, 7) is 2.55. The van der Waals surface area contributed by atoms with Crippen LogP contribution in [0.1, 0.15) is 43.0 Å². The number of nitrogens with zero attached hydrogens (tertiary/aromatic N) is 2. The molecule has 7 heteroatoms. The largest absolute Gasteiger partial charge is 0.367 e. The number of nitrogens with one attached hydrogen (secondary N) is 1. The number of carbonyl (C=O) groups is 3. The van der Waals surface area contributed by atoms with Crippen molar-refractivity contribution in [1.82, 2.24) is 15.2 Å². The van der Waals surface area contributed by atoms with Gasteiger partial charge in [0, 0.05) is 36.0 Å². The number of rotatable bonds is 5. The average Bonchev–Trinajstić information content (AvgIpc) is 3.58. The Morgan fingerprint density at radius 2 is 1.94 bits per heavy atom. The summed E-state index contributed by atoms with van der Waals surface area (Å²) in [5.41, 5.74) is 2.32. The van der Waals surface area contributed by atoms with Crippen LogP contribution in [0.15, 0.2) is 48.8 Å². The minimum atomic E-state index is -0.638. The lowest BCUT2D eigenvalue weighted by atomic mass is 9.95. The Balaban J connectivity index is 1.38. The number of likely N-dealkylation sites (tertiary alicyclic amines) is 1. The molecule has 1 N–H and O–H groups in total. The lowest BCUT2D eigenvalue weighted by molar-refractivity contribution is -0.139. The molecule has 2 saturated heterocycles. The predicted octanol–water partition coefficient (Wildman–Crippen LogP) is 2.85. The molecule has 4 atom stereocenters. The number of hydrogen-bond acceptors (Lipinski definition) is 5. The molecule has 7 nitrogen and oxygen atoms in total. The number of amides is 2. The fourth-order valence-corrected chi connectivity index (χ4v) is 5.57. The first-order chi connectivity index (χ1) is 16.0. The van der Waals surface area contributed by atoms with Gasteiger partial charge in [-0.05, 0) is 42.5 Å². The molecule has 0 radical (unpaired) electrons. The van der Waals surface area contributed by atoms with Gasteiger partial charge < -0.3 is 15.0 Å². The molecule has 3 heterocycles. The topological polar surface area (TPSA) is 88.6 Å². The van der Waals surface area contributed by atoms with Gasteiger partial charge in [-0.2, -0.15) is 0 Å². The monoisotopic (exact) mass is 447 g/mol. The Labute approximate surface area is 193 Å². The fraction of sp³-hybridized carbons (Fsp3) is 0.462. The number of hydrogen-bond donors (Lipinski definition) is 1. The highest BCUT2D eigenvalue weighted by Crippen LogP contribution is 2.35. The molecular weight excluding hydrogens is 418 g/mol. The van der Waals surface area contributed by atoms with Crippen LogP contribution in [-0.4, -0.2) is 58.8 Å². The van der Waals surface area contributed by atoms with Gasteiger partial charge in [0.2, 0.25) is 5.91 Å². The van der Waals surface area contributed by atoms with E-state index in [0.29, 0.717) is 12.1 Å². The highest BCUT2D eigenvalue weighted by Gasteiger charge is 2.52. The van der Waals surface area contributed by atoms with Crippen molar-refractivity contribution in [3.05, 3.63) is 54.4 Å². The van der Waals surface area contributed by atoms with Crippen LogP contribution in [-0.2, 0) is 14.3 Å². The maximum Gasteiger partial charge on any atom is 0.251 e. The van der Waals surface area contributed by atoms with E-state index in [0.717, 1.165) is 36.8 Å². The van der Waals surface area contributed by atoms with Crippen molar-refractivity contribution in [2.24, 2.45) is 11.8 Å². The zero-order valence-corrected chi connectivity index (χ0v) is 18.8. The normalized spacial score (nSPS) is 25.8. The standard InChI is InChI=1S/C26H29N3O4/c1-16-14-29(23-21(30)15-33-24(16)23)26(32)22(17-6-2-3-7-17)28-25(31)19-9-4-8-18(12-19)20-10-5-11-27-13-20/h4-5,8-13,16-17,22-24H,2-3,6-7,14-15H2,1H3,(H,28,31)/t16-,22-,23+,24+/m0/s1. The first kappa shape index (κ1) is 21.8. The van der Waals surface area contributed by atoms with E-state index in [1.54, 1.807) is 23.4 Å². The summed E-state index contributed by atoms with van der Waals surface area (Å²) in [7, 11) is 0. The summed E-state index contributed by atoms with van der Waals surface area (Å²) in [6.07, 6.45) is 7.12. The maximum atomic E-state index is 13.7. The van der Waals surface area contributed by atoms with Crippen molar-refractivity contribution >= 4 is 17.6 Å². The quantitative estimate of drug-likeness (QED) is 0.762. The minimum absolute atomic E-state index is 0.0432. The van der Waals surface area contributed by atoms with E-state index in [2.05, 4.69) is 10.3 Å². The third kappa shape index (κ3) is 4.17. The Hall–Kier alpha value is -3.06. The highest BCUT2D eigenvalue weighted by atomic mass is 16.5. The SMILES string of the molecule is C[C@H]1CN(C(=O)[C@@H](NC(=O)c2cccc(-c3cccnc3)c2)C2CCCC2)[C@@H]2C(=O)CO[C@@H]21. The Morgan fingerprint density at radius 3 is 2.70 bits per heavy atom. The third-order valence-corrected chi connectivity index (χ3v) is 7.27. The van der Waals surface area contributed by atoms with Gasteiger partial charge in [0.15, 0.2) is 5.78 Å². The molecule has 33 heavy (non-hydrogen) atoms.